The molecule has 1 atom stereocenters. The molecule has 26 heavy (non-hydrogen) atoms. The van der Waals surface area contributed by atoms with Gasteiger partial charge in [0, 0.05) is 5.92 Å². The van der Waals surface area contributed by atoms with Crippen molar-refractivity contribution in [2.24, 2.45) is 5.92 Å². The summed E-state index contributed by atoms with van der Waals surface area (Å²) in [6.07, 6.45) is 4.93. The van der Waals surface area contributed by atoms with Crippen LogP contribution in [0.1, 0.15) is 51.5 Å². The summed E-state index contributed by atoms with van der Waals surface area (Å²) in [5.74, 6) is 5.32. The number of nitrogens with one attached hydrogen (secondary N) is 1. The number of hydrogen-bond acceptors (Lipinski definition) is 3. The van der Waals surface area contributed by atoms with Gasteiger partial charge in [0.2, 0.25) is 0 Å². The van der Waals surface area contributed by atoms with E-state index in [4.69, 9.17) is 4.74 Å². The summed E-state index contributed by atoms with van der Waals surface area (Å²) in [4.78, 5) is 14.2. The molecular weight excluding hydrogens is 326 g/mol. The molecule has 1 saturated carbocycles. The first kappa shape index (κ1) is 20.5. The van der Waals surface area contributed by atoms with Crippen molar-refractivity contribution in [2.45, 2.75) is 51.6 Å². The van der Waals surface area contributed by atoms with E-state index >= 15 is 0 Å². The fourth-order valence-electron chi connectivity index (χ4n) is 3.68. The van der Waals surface area contributed by atoms with Crippen LogP contribution in [0, 0.1) is 17.8 Å². The fourth-order valence-corrected chi connectivity index (χ4v) is 3.68. The first-order valence-electron chi connectivity index (χ1n) is 9.87. The van der Waals surface area contributed by atoms with Gasteiger partial charge in [-0.15, -0.1) is 0 Å². The Morgan fingerprint density at radius 3 is 2.42 bits per heavy atom. The third kappa shape index (κ3) is 5.09. The van der Waals surface area contributed by atoms with Gasteiger partial charge in [0.05, 0.1) is 13.1 Å². The number of carbonyl (C=O) groups excluding carboxylic acids is 1. The van der Waals surface area contributed by atoms with Crippen LogP contribution in [0.3, 0.4) is 0 Å². The number of ether oxygens (including phenoxy) is 1. The molecule has 0 aromatic heterocycles. The molecule has 1 aromatic rings. The van der Waals surface area contributed by atoms with Gasteiger partial charge in [-0.05, 0) is 38.2 Å². The highest BCUT2D eigenvalue weighted by atomic mass is 16.5. The molecule has 4 nitrogen and oxygen atoms in total. The predicted octanol–water partition coefficient (Wildman–Crippen LogP) is 1.93. The lowest BCUT2D eigenvalue weighted by Crippen LogP contribution is -3.11. The molecule has 0 heterocycles. The molecule has 142 valence electrons. The van der Waals surface area contributed by atoms with Crippen LogP contribution in [0.2, 0.25) is 0 Å². The molecule has 0 aliphatic heterocycles. The maximum absolute atomic E-state index is 12.8. The Morgan fingerprint density at radius 2 is 1.81 bits per heavy atom. The van der Waals surface area contributed by atoms with E-state index in [1.165, 1.54) is 4.90 Å². The van der Waals surface area contributed by atoms with Gasteiger partial charge in [-0.25, -0.2) is 4.79 Å². The molecule has 0 unspecified atom stereocenters. The smallest absolute Gasteiger partial charge is 0.344 e. The first-order valence-corrected chi connectivity index (χ1v) is 9.87. The number of esters is 1. The van der Waals surface area contributed by atoms with E-state index in [1.54, 1.807) is 0 Å². The molecule has 0 spiro atoms. The Balaban J connectivity index is 2.06. The molecule has 2 rings (SSSR count). The number of aliphatic hydroxyl groups is 1. The maximum Gasteiger partial charge on any atom is 0.344 e. The van der Waals surface area contributed by atoms with Gasteiger partial charge in [-0.1, -0.05) is 55.5 Å². The van der Waals surface area contributed by atoms with Crippen molar-refractivity contribution in [2.75, 3.05) is 26.2 Å². The average molecular weight is 359 g/mol. The van der Waals surface area contributed by atoms with Gasteiger partial charge in [0.1, 0.15) is 6.54 Å². The van der Waals surface area contributed by atoms with Crippen LogP contribution in [-0.4, -0.2) is 37.3 Å². The van der Waals surface area contributed by atoms with Crippen LogP contribution in [0.5, 0.6) is 0 Å². The number of quaternary nitrogens is 1. The Morgan fingerprint density at radius 1 is 1.15 bits per heavy atom. The topological polar surface area (TPSA) is 51.0 Å². The van der Waals surface area contributed by atoms with E-state index in [2.05, 4.69) is 25.7 Å². The Bertz CT molecular complexity index is 609. The maximum atomic E-state index is 12.8. The minimum Gasteiger partial charge on any atom is -0.450 e. The van der Waals surface area contributed by atoms with Crippen molar-refractivity contribution < 1.29 is 19.5 Å². The van der Waals surface area contributed by atoms with E-state index in [1.807, 2.05) is 30.3 Å². The molecule has 0 radical (unpaired) electrons. The zero-order chi connectivity index (χ0) is 18.8. The zero-order valence-corrected chi connectivity index (χ0v) is 16.1. The summed E-state index contributed by atoms with van der Waals surface area (Å²) in [5, 5.41) is 11.4. The van der Waals surface area contributed by atoms with Crippen LogP contribution in [0.15, 0.2) is 30.3 Å². The molecule has 4 heteroatoms. The second-order valence-corrected chi connectivity index (χ2v) is 7.03. The van der Waals surface area contributed by atoms with E-state index in [0.29, 0.717) is 5.56 Å². The predicted molar refractivity (Wildman–Crippen MR) is 103 cm³/mol. The van der Waals surface area contributed by atoms with Crippen molar-refractivity contribution in [3.8, 4) is 11.8 Å². The van der Waals surface area contributed by atoms with Crippen LogP contribution >= 0.6 is 0 Å². The van der Waals surface area contributed by atoms with Crippen molar-refractivity contribution >= 4 is 5.97 Å². The molecule has 1 aliphatic carbocycles. The van der Waals surface area contributed by atoms with Gasteiger partial charge in [-0.3, -0.25) is 0 Å². The number of benzene rings is 1. The Labute approximate surface area is 157 Å². The SMILES string of the molecule is CC[NH+](CC)CC#CCOC(=O)[C@](O)(c1ccccc1)C1CCCCC1. The second-order valence-electron chi connectivity index (χ2n) is 7.03. The molecular formula is C22H32NO3+. The molecule has 0 saturated heterocycles. The Kier molecular flexibility index (Phi) is 8.15. The van der Waals surface area contributed by atoms with Gasteiger partial charge < -0.3 is 14.7 Å². The van der Waals surface area contributed by atoms with Crippen molar-refractivity contribution in [3.05, 3.63) is 35.9 Å². The summed E-state index contributed by atoms with van der Waals surface area (Å²) in [6.45, 7) is 7.09. The van der Waals surface area contributed by atoms with Gasteiger partial charge in [0.15, 0.2) is 12.2 Å². The minimum absolute atomic E-state index is 0.0292. The fraction of sp³-hybridized carbons (Fsp3) is 0.591. The number of rotatable bonds is 7. The molecule has 0 bridgehead atoms. The second kappa shape index (κ2) is 10.4. The third-order valence-electron chi connectivity index (χ3n) is 5.46. The van der Waals surface area contributed by atoms with E-state index in [0.717, 1.165) is 51.7 Å². The highest BCUT2D eigenvalue weighted by Crippen LogP contribution is 2.40. The van der Waals surface area contributed by atoms with Crippen LogP contribution in [0.25, 0.3) is 0 Å². The van der Waals surface area contributed by atoms with Crippen LogP contribution in [-0.2, 0) is 15.1 Å². The quantitative estimate of drug-likeness (QED) is 0.578. The lowest BCUT2D eigenvalue weighted by molar-refractivity contribution is -0.889. The average Bonchev–Trinajstić information content (AvgIpc) is 2.71. The highest BCUT2D eigenvalue weighted by molar-refractivity contribution is 5.81. The number of carbonyl (C=O) groups is 1. The largest absolute Gasteiger partial charge is 0.450 e. The summed E-state index contributed by atoms with van der Waals surface area (Å²) in [7, 11) is 0. The van der Waals surface area contributed by atoms with Crippen LogP contribution < -0.4 is 4.90 Å². The molecule has 1 aromatic carbocycles. The summed E-state index contributed by atoms with van der Waals surface area (Å²) >= 11 is 0. The van der Waals surface area contributed by atoms with Gasteiger partial charge in [-0.2, -0.15) is 0 Å². The summed E-state index contributed by atoms with van der Waals surface area (Å²) in [6, 6.07) is 9.21. The normalized spacial score (nSPS) is 17.2. The lowest BCUT2D eigenvalue weighted by Gasteiger charge is -2.36. The summed E-state index contributed by atoms with van der Waals surface area (Å²) in [5.41, 5.74) is -0.953. The Hall–Kier alpha value is -1.83. The number of hydrogen-bond donors (Lipinski definition) is 2. The molecule has 2 N–H and O–H groups in total. The van der Waals surface area contributed by atoms with Crippen LogP contribution in [0.4, 0.5) is 0 Å². The minimum atomic E-state index is -1.58. The summed E-state index contributed by atoms with van der Waals surface area (Å²) < 4.78 is 5.39. The first-order chi connectivity index (χ1) is 12.6. The standard InChI is InChI=1S/C22H31NO3/c1-3-23(4-2)17-11-12-18-26-21(24)22(25,19-13-7-5-8-14-19)20-15-9-6-10-16-20/h5,7-8,13-14,20,25H,3-4,6,9-10,15-18H2,1-2H3/p+1/t22-/m0/s1. The third-order valence-corrected chi connectivity index (χ3v) is 5.46. The van der Waals surface area contributed by atoms with Crippen molar-refractivity contribution in [3.63, 3.8) is 0 Å². The van der Waals surface area contributed by atoms with Gasteiger partial charge >= 0.3 is 5.97 Å². The van der Waals surface area contributed by atoms with E-state index in [-0.39, 0.29) is 12.5 Å². The van der Waals surface area contributed by atoms with E-state index < -0.39 is 11.6 Å². The highest BCUT2D eigenvalue weighted by Gasteiger charge is 2.46. The monoisotopic (exact) mass is 358 g/mol. The molecule has 0 amide bonds. The lowest BCUT2D eigenvalue weighted by atomic mass is 9.73. The van der Waals surface area contributed by atoms with Gasteiger partial charge in [0.25, 0.3) is 0 Å². The molecule has 1 fully saturated rings. The van der Waals surface area contributed by atoms with E-state index in [9.17, 15) is 9.90 Å². The zero-order valence-electron chi connectivity index (χ0n) is 16.1. The van der Waals surface area contributed by atoms with Crippen molar-refractivity contribution in [1.82, 2.24) is 0 Å². The van der Waals surface area contributed by atoms with Crippen molar-refractivity contribution in [1.29, 1.82) is 0 Å². The molecule has 1 aliphatic rings.